The van der Waals surface area contributed by atoms with E-state index in [1.807, 2.05) is 54.3 Å². The highest BCUT2D eigenvalue weighted by atomic mass is 16.6. The summed E-state index contributed by atoms with van der Waals surface area (Å²) in [7, 11) is 0. The molecule has 10 heteroatoms. The number of ether oxygens (including phenoxy) is 2. The lowest BCUT2D eigenvalue weighted by Gasteiger charge is -2.41. The maximum absolute atomic E-state index is 14.6. The normalized spacial score (nSPS) is 34.5. The molecular weight excluding hydrogens is 562 g/mol. The monoisotopic (exact) mass is 605 g/mol. The Hall–Kier alpha value is -3.50. The quantitative estimate of drug-likeness (QED) is 0.391. The molecule has 1 aromatic rings. The van der Waals surface area contributed by atoms with Crippen molar-refractivity contribution in [2.45, 2.75) is 94.2 Å². The van der Waals surface area contributed by atoms with Crippen molar-refractivity contribution in [1.29, 1.82) is 0 Å². The number of likely N-dealkylation sites (tertiary alicyclic amines) is 1. The summed E-state index contributed by atoms with van der Waals surface area (Å²) < 4.78 is 12.9. The molecule has 2 saturated heterocycles. The van der Waals surface area contributed by atoms with Gasteiger partial charge in [0.2, 0.25) is 17.7 Å². The summed E-state index contributed by atoms with van der Waals surface area (Å²) in [5, 5.41) is 13.3. The summed E-state index contributed by atoms with van der Waals surface area (Å²) in [6, 6.07) is 7.64. The molecule has 0 unspecified atom stereocenters. The van der Waals surface area contributed by atoms with Gasteiger partial charge in [0, 0.05) is 19.0 Å². The van der Waals surface area contributed by atoms with Crippen molar-refractivity contribution in [2.75, 3.05) is 19.7 Å². The fourth-order valence-electron chi connectivity index (χ4n) is 7.89. The van der Waals surface area contributed by atoms with Gasteiger partial charge in [-0.15, -0.1) is 0 Å². The van der Waals surface area contributed by atoms with Gasteiger partial charge >= 0.3 is 5.97 Å². The van der Waals surface area contributed by atoms with Crippen LogP contribution in [-0.2, 0) is 28.7 Å². The number of carbonyl (C=O) groups excluding carboxylic acids is 4. The number of carbonyl (C=O) groups is 4. The minimum absolute atomic E-state index is 0.0670. The largest absolute Gasteiger partial charge is 0.455 e. The van der Waals surface area contributed by atoms with Gasteiger partial charge in [0.15, 0.2) is 0 Å². The van der Waals surface area contributed by atoms with E-state index < -0.39 is 47.7 Å². The predicted octanol–water partition coefficient (Wildman–Crippen LogP) is 2.82. The summed E-state index contributed by atoms with van der Waals surface area (Å²) in [6.45, 7) is 2.05. The van der Waals surface area contributed by atoms with Crippen LogP contribution in [0.4, 0.5) is 0 Å². The lowest BCUT2D eigenvalue weighted by atomic mass is 9.77. The van der Waals surface area contributed by atoms with Gasteiger partial charge in [-0.3, -0.25) is 19.2 Å². The van der Waals surface area contributed by atoms with Crippen LogP contribution in [0.1, 0.15) is 70.0 Å². The van der Waals surface area contributed by atoms with E-state index in [1.165, 1.54) is 4.90 Å². The first kappa shape index (κ1) is 30.5. The Balaban J connectivity index is 1.42. The minimum Gasteiger partial charge on any atom is -0.455 e. The lowest BCUT2D eigenvalue weighted by molar-refractivity contribution is -0.161. The first-order chi connectivity index (χ1) is 21.4. The van der Waals surface area contributed by atoms with E-state index in [0.29, 0.717) is 19.4 Å². The molecule has 1 aliphatic carbocycles. The second-order valence-electron chi connectivity index (χ2n) is 12.6. The van der Waals surface area contributed by atoms with Crippen LogP contribution in [0.5, 0.6) is 0 Å². The molecule has 236 valence electrons. The van der Waals surface area contributed by atoms with Gasteiger partial charge in [-0.2, -0.15) is 0 Å². The third-order valence-corrected chi connectivity index (χ3v) is 10.1. The van der Waals surface area contributed by atoms with Crippen LogP contribution in [0, 0.1) is 11.8 Å². The van der Waals surface area contributed by atoms with Crippen molar-refractivity contribution in [3.8, 4) is 0 Å². The summed E-state index contributed by atoms with van der Waals surface area (Å²) >= 11 is 0. The summed E-state index contributed by atoms with van der Waals surface area (Å²) in [5.74, 6) is -3.40. The number of rotatable bonds is 5. The Labute approximate surface area is 258 Å². The minimum atomic E-state index is -1.41. The average Bonchev–Trinajstić information content (AvgIpc) is 3.43. The number of aliphatic hydroxyl groups excluding tert-OH is 1. The number of nitrogens with zero attached hydrogens (tertiary/aromatic N) is 2. The van der Waals surface area contributed by atoms with Crippen LogP contribution >= 0.6 is 0 Å². The van der Waals surface area contributed by atoms with Gasteiger partial charge in [-0.05, 0) is 31.2 Å². The van der Waals surface area contributed by atoms with Crippen molar-refractivity contribution >= 4 is 23.7 Å². The molecule has 0 aromatic heterocycles. The maximum atomic E-state index is 14.6. The Morgan fingerprint density at radius 2 is 1.82 bits per heavy atom. The summed E-state index contributed by atoms with van der Waals surface area (Å²) in [4.78, 5) is 59.3. The third-order valence-electron chi connectivity index (χ3n) is 10.1. The molecule has 6 rings (SSSR count). The van der Waals surface area contributed by atoms with Gasteiger partial charge in [-0.25, -0.2) is 0 Å². The molecular formula is C34H43N3O7. The van der Waals surface area contributed by atoms with Crippen LogP contribution in [0.3, 0.4) is 0 Å². The van der Waals surface area contributed by atoms with Gasteiger partial charge in [-0.1, -0.05) is 80.8 Å². The highest BCUT2D eigenvalue weighted by Gasteiger charge is 2.72. The van der Waals surface area contributed by atoms with E-state index in [-0.39, 0.29) is 43.3 Å². The van der Waals surface area contributed by atoms with Crippen molar-refractivity contribution in [3.63, 3.8) is 0 Å². The molecule has 4 aliphatic heterocycles. The first-order valence-corrected chi connectivity index (χ1v) is 16.2. The Bertz CT molecular complexity index is 1300. The SMILES string of the molecule is CC[C@@H](CO)N1C(=O)[C@H]2[C@@H]3C(=O)O[C@@H](c4ccccc4)CNC(=O)CC/C=C\[C@@H]3O[C@]23C=CCN(C2CCCCC2)C(=O)[C@H]13. The zero-order valence-corrected chi connectivity index (χ0v) is 25.3. The van der Waals surface area contributed by atoms with Crippen molar-refractivity contribution in [3.05, 3.63) is 60.2 Å². The fourth-order valence-corrected chi connectivity index (χ4v) is 7.89. The van der Waals surface area contributed by atoms with Gasteiger partial charge in [0.05, 0.1) is 31.2 Å². The molecule has 1 spiro atoms. The molecule has 4 heterocycles. The molecule has 3 fully saturated rings. The van der Waals surface area contributed by atoms with Gasteiger partial charge in [0.25, 0.3) is 0 Å². The topological polar surface area (TPSA) is 125 Å². The molecule has 44 heavy (non-hydrogen) atoms. The second kappa shape index (κ2) is 12.9. The van der Waals surface area contributed by atoms with Crippen molar-refractivity contribution in [1.82, 2.24) is 15.1 Å². The maximum Gasteiger partial charge on any atom is 0.313 e. The molecule has 3 amide bonds. The number of benzene rings is 1. The van der Waals surface area contributed by atoms with Crippen LogP contribution in [-0.4, -0.2) is 88.1 Å². The number of hydrogen-bond acceptors (Lipinski definition) is 7. The number of hydrogen-bond donors (Lipinski definition) is 2. The fraction of sp³-hybridized carbons (Fsp3) is 0.588. The molecule has 0 radical (unpaired) electrons. The summed E-state index contributed by atoms with van der Waals surface area (Å²) in [5.41, 5.74) is -0.690. The van der Waals surface area contributed by atoms with Gasteiger partial charge < -0.3 is 29.7 Å². The average molecular weight is 606 g/mol. The lowest BCUT2D eigenvalue weighted by Crippen LogP contribution is -2.59. The van der Waals surface area contributed by atoms with Crippen LogP contribution < -0.4 is 5.32 Å². The number of cyclic esters (lactones) is 1. The smallest absolute Gasteiger partial charge is 0.313 e. The Morgan fingerprint density at radius 3 is 2.55 bits per heavy atom. The van der Waals surface area contributed by atoms with Crippen molar-refractivity contribution in [2.24, 2.45) is 11.8 Å². The summed E-state index contributed by atoms with van der Waals surface area (Å²) in [6.07, 6.45) is 11.8. The van der Waals surface area contributed by atoms with E-state index >= 15 is 0 Å². The Morgan fingerprint density at radius 1 is 1.05 bits per heavy atom. The van der Waals surface area contributed by atoms with Gasteiger partial charge in [0.1, 0.15) is 23.7 Å². The van der Waals surface area contributed by atoms with E-state index in [0.717, 1.165) is 37.7 Å². The van der Waals surface area contributed by atoms with E-state index in [1.54, 1.807) is 12.2 Å². The molecule has 0 bridgehead atoms. The zero-order chi connectivity index (χ0) is 30.8. The van der Waals surface area contributed by atoms with E-state index in [9.17, 15) is 24.3 Å². The van der Waals surface area contributed by atoms with Crippen LogP contribution in [0.2, 0.25) is 0 Å². The number of fused-ring (bicyclic) bond motifs is 2. The van der Waals surface area contributed by atoms with E-state index in [2.05, 4.69) is 5.32 Å². The van der Waals surface area contributed by atoms with Crippen LogP contribution in [0.15, 0.2) is 54.6 Å². The number of esters is 1. The molecule has 7 atom stereocenters. The Kier molecular flexibility index (Phi) is 8.91. The molecule has 10 nitrogen and oxygen atoms in total. The molecule has 1 saturated carbocycles. The standard InChI is InChI=1S/C34H43N3O7/c1-2-23(21-38)37-30-32(41)36(24-14-7-4-8-15-24)19-11-18-34(30)29(31(37)40)28-25(44-34)16-9-10-17-27(39)35-20-26(43-33(28)42)22-12-5-3-6-13-22/h3,5-6,9,11-13,16,18,23-26,28-30,38H,2,4,7-8,10,14-15,17,19-21H2,1H3,(H,35,39)/b16-9-/t23-,25-,26+,28+,29+,30-,34+/m0/s1. The number of amides is 3. The first-order valence-electron chi connectivity index (χ1n) is 16.2. The van der Waals surface area contributed by atoms with Crippen LogP contribution in [0.25, 0.3) is 0 Å². The highest BCUT2D eigenvalue weighted by molar-refractivity contribution is 5.99. The van der Waals surface area contributed by atoms with Crippen molar-refractivity contribution < 1.29 is 33.8 Å². The number of allylic oxidation sites excluding steroid dienone is 1. The third kappa shape index (κ3) is 5.36. The molecule has 1 aromatic carbocycles. The molecule has 2 N–H and O–H groups in total. The zero-order valence-electron chi connectivity index (χ0n) is 25.3. The number of aliphatic hydroxyl groups is 1. The second-order valence-corrected chi connectivity index (χ2v) is 12.6. The number of nitrogens with one attached hydrogen (secondary N) is 1. The highest BCUT2D eigenvalue weighted by Crippen LogP contribution is 2.54. The predicted molar refractivity (Wildman–Crippen MR) is 161 cm³/mol. The molecule has 5 aliphatic rings. The van der Waals surface area contributed by atoms with E-state index in [4.69, 9.17) is 9.47 Å².